The van der Waals surface area contributed by atoms with Crippen LogP contribution in [-0.4, -0.2) is 32.9 Å². The van der Waals surface area contributed by atoms with Gasteiger partial charge in [0.2, 0.25) is 5.69 Å². The van der Waals surface area contributed by atoms with Gasteiger partial charge >= 0.3 is 5.97 Å². The molecule has 0 atom stereocenters. The standard InChI is InChI=1S/C7H7N5O2/c1-14-7(13)5-6(8)12-4(10-11-5)2-3-9-12/h2-3H,8H2,1H3. The van der Waals surface area contributed by atoms with E-state index in [0.717, 1.165) is 0 Å². The zero-order chi connectivity index (χ0) is 10.1. The van der Waals surface area contributed by atoms with Crippen LogP contribution < -0.4 is 5.73 Å². The van der Waals surface area contributed by atoms with Crippen molar-refractivity contribution in [3.05, 3.63) is 18.0 Å². The van der Waals surface area contributed by atoms with Crippen molar-refractivity contribution in [3.8, 4) is 0 Å². The second-order valence-corrected chi connectivity index (χ2v) is 2.53. The van der Waals surface area contributed by atoms with Gasteiger partial charge in [-0.15, -0.1) is 10.2 Å². The Morgan fingerprint density at radius 2 is 2.36 bits per heavy atom. The molecule has 7 nitrogen and oxygen atoms in total. The smallest absolute Gasteiger partial charge is 0.362 e. The summed E-state index contributed by atoms with van der Waals surface area (Å²) in [7, 11) is 1.25. The largest absolute Gasteiger partial charge is 0.464 e. The van der Waals surface area contributed by atoms with E-state index >= 15 is 0 Å². The molecule has 0 aliphatic carbocycles. The number of fused-ring (bicyclic) bond motifs is 1. The summed E-state index contributed by atoms with van der Waals surface area (Å²) in [5.41, 5.74) is 6.08. The molecule has 2 aromatic rings. The Hall–Kier alpha value is -2.18. The van der Waals surface area contributed by atoms with Gasteiger partial charge in [0.1, 0.15) is 0 Å². The van der Waals surface area contributed by atoms with Gasteiger partial charge in [-0.2, -0.15) is 9.61 Å². The molecule has 0 unspecified atom stereocenters. The molecule has 0 amide bonds. The fraction of sp³-hybridized carbons (Fsp3) is 0.143. The van der Waals surface area contributed by atoms with Gasteiger partial charge in [0.15, 0.2) is 11.5 Å². The maximum absolute atomic E-state index is 11.2. The van der Waals surface area contributed by atoms with E-state index in [4.69, 9.17) is 5.73 Å². The number of ether oxygens (including phenoxy) is 1. The highest BCUT2D eigenvalue weighted by atomic mass is 16.5. The third kappa shape index (κ3) is 1.06. The molecule has 2 heterocycles. The van der Waals surface area contributed by atoms with Crippen molar-refractivity contribution in [3.63, 3.8) is 0 Å². The van der Waals surface area contributed by atoms with Gasteiger partial charge in [-0.25, -0.2) is 4.79 Å². The summed E-state index contributed by atoms with van der Waals surface area (Å²) >= 11 is 0. The SMILES string of the molecule is COC(=O)c1nnc2ccnn2c1N. The summed E-state index contributed by atoms with van der Waals surface area (Å²) in [6.07, 6.45) is 1.52. The van der Waals surface area contributed by atoms with Crippen molar-refractivity contribution >= 4 is 17.4 Å². The van der Waals surface area contributed by atoms with Crippen LogP contribution in [0, 0.1) is 0 Å². The Morgan fingerprint density at radius 3 is 3.07 bits per heavy atom. The number of nitrogens with two attached hydrogens (primary N) is 1. The number of anilines is 1. The van der Waals surface area contributed by atoms with E-state index in [1.165, 1.54) is 17.8 Å². The van der Waals surface area contributed by atoms with Gasteiger partial charge in [-0.1, -0.05) is 0 Å². The Labute approximate surface area is 78.5 Å². The molecule has 0 aliphatic heterocycles. The fourth-order valence-electron chi connectivity index (χ4n) is 1.05. The van der Waals surface area contributed by atoms with Crippen LogP contribution in [-0.2, 0) is 4.74 Å². The number of carbonyl (C=O) groups is 1. The molecule has 0 spiro atoms. The quantitative estimate of drug-likeness (QED) is 0.613. The number of hydrogen-bond donors (Lipinski definition) is 1. The molecule has 7 heteroatoms. The topological polar surface area (TPSA) is 95.4 Å². The van der Waals surface area contributed by atoms with Gasteiger partial charge in [-0.3, -0.25) is 0 Å². The minimum absolute atomic E-state index is 0.0382. The number of hydrogen-bond acceptors (Lipinski definition) is 6. The van der Waals surface area contributed by atoms with Crippen LogP contribution in [0.2, 0.25) is 0 Å². The fourth-order valence-corrected chi connectivity index (χ4v) is 1.05. The third-order valence-electron chi connectivity index (χ3n) is 1.72. The van der Waals surface area contributed by atoms with Gasteiger partial charge in [0.25, 0.3) is 0 Å². The maximum atomic E-state index is 11.2. The molecule has 0 aromatic carbocycles. The number of carbonyl (C=O) groups excluding carboxylic acids is 1. The third-order valence-corrected chi connectivity index (χ3v) is 1.72. The molecule has 2 rings (SSSR count). The van der Waals surface area contributed by atoms with Crippen molar-refractivity contribution in [2.45, 2.75) is 0 Å². The molecule has 2 N–H and O–H groups in total. The number of nitrogen functional groups attached to an aromatic ring is 1. The van der Waals surface area contributed by atoms with Crippen LogP contribution in [0.5, 0.6) is 0 Å². The maximum Gasteiger partial charge on any atom is 0.362 e. The van der Waals surface area contributed by atoms with Crippen LogP contribution in [0.25, 0.3) is 5.65 Å². The first-order valence-corrected chi connectivity index (χ1v) is 3.78. The van der Waals surface area contributed by atoms with Crippen LogP contribution in [0.15, 0.2) is 12.3 Å². The molecule has 0 aliphatic rings. The monoisotopic (exact) mass is 193 g/mol. The lowest BCUT2D eigenvalue weighted by Crippen LogP contribution is -2.14. The lowest BCUT2D eigenvalue weighted by molar-refractivity contribution is 0.0593. The van der Waals surface area contributed by atoms with Gasteiger partial charge in [0.05, 0.1) is 13.3 Å². The van der Waals surface area contributed by atoms with E-state index in [1.807, 2.05) is 0 Å². The average molecular weight is 193 g/mol. The van der Waals surface area contributed by atoms with Gasteiger partial charge < -0.3 is 10.5 Å². The van der Waals surface area contributed by atoms with Gasteiger partial charge in [0, 0.05) is 6.07 Å². The Morgan fingerprint density at radius 1 is 1.57 bits per heavy atom. The van der Waals surface area contributed by atoms with Crippen molar-refractivity contribution in [2.24, 2.45) is 0 Å². The van der Waals surface area contributed by atoms with Crippen molar-refractivity contribution in [1.29, 1.82) is 0 Å². The predicted octanol–water partition coefficient (Wildman–Crippen LogP) is -0.507. The lowest BCUT2D eigenvalue weighted by atomic mass is 10.4. The Balaban J connectivity index is 2.67. The highest BCUT2D eigenvalue weighted by Gasteiger charge is 2.15. The van der Waals surface area contributed by atoms with E-state index < -0.39 is 5.97 Å². The Kier molecular flexibility index (Phi) is 1.77. The van der Waals surface area contributed by atoms with Crippen LogP contribution in [0.1, 0.15) is 10.5 Å². The molecule has 0 saturated heterocycles. The lowest BCUT2D eigenvalue weighted by Gasteiger charge is -2.02. The zero-order valence-electron chi connectivity index (χ0n) is 7.34. The number of methoxy groups -OCH3 is 1. The first-order chi connectivity index (χ1) is 6.74. The second-order valence-electron chi connectivity index (χ2n) is 2.53. The molecule has 0 radical (unpaired) electrons. The molecule has 0 fully saturated rings. The van der Waals surface area contributed by atoms with Crippen molar-refractivity contribution in [2.75, 3.05) is 12.8 Å². The van der Waals surface area contributed by atoms with E-state index in [2.05, 4.69) is 20.0 Å². The van der Waals surface area contributed by atoms with Crippen LogP contribution in [0.3, 0.4) is 0 Å². The molecule has 2 aromatic heterocycles. The highest BCUT2D eigenvalue weighted by Crippen LogP contribution is 2.09. The minimum Gasteiger partial charge on any atom is -0.464 e. The van der Waals surface area contributed by atoms with Crippen LogP contribution in [0.4, 0.5) is 5.82 Å². The molecule has 14 heavy (non-hydrogen) atoms. The molecular weight excluding hydrogens is 186 g/mol. The zero-order valence-corrected chi connectivity index (χ0v) is 7.34. The summed E-state index contributed by atoms with van der Waals surface area (Å²) in [6.45, 7) is 0. The predicted molar refractivity (Wildman–Crippen MR) is 46.5 cm³/mol. The van der Waals surface area contributed by atoms with E-state index in [0.29, 0.717) is 5.65 Å². The average Bonchev–Trinajstić information content (AvgIpc) is 2.66. The molecule has 0 saturated carbocycles. The second kappa shape index (κ2) is 2.95. The molecule has 72 valence electrons. The van der Waals surface area contributed by atoms with Gasteiger partial charge in [-0.05, 0) is 0 Å². The highest BCUT2D eigenvalue weighted by molar-refractivity contribution is 5.91. The summed E-state index contributed by atoms with van der Waals surface area (Å²) in [6, 6.07) is 1.63. The summed E-state index contributed by atoms with van der Waals surface area (Å²) < 4.78 is 5.80. The van der Waals surface area contributed by atoms with Crippen LogP contribution >= 0.6 is 0 Å². The number of aromatic nitrogens is 4. The van der Waals surface area contributed by atoms with Crippen molar-refractivity contribution in [1.82, 2.24) is 19.8 Å². The van der Waals surface area contributed by atoms with Crippen molar-refractivity contribution < 1.29 is 9.53 Å². The summed E-state index contributed by atoms with van der Waals surface area (Å²) in [4.78, 5) is 11.2. The number of esters is 1. The number of nitrogens with zero attached hydrogens (tertiary/aromatic N) is 4. The van der Waals surface area contributed by atoms with E-state index in [1.54, 1.807) is 6.07 Å². The normalized spacial score (nSPS) is 10.4. The molecular formula is C7H7N5O2. The van der Waals surface area contributed by atoms with E-state index in [-0.39, 0.29) is 11.5 Å². The number of rotatable bonds is 1. The first kappa shape index (κ1) is 8.42. The Bertz CT molecular complexity index is 492. The summed E-state index contributed by atoms with van der Waals surface area (Å²) in [5.74, 6) is -0.515. The summed E-state index contributed by atoms with van der Waals surface area (Å²) in [5, 5.41) is 11.3. The molecule has 0 bridgehead atoms. The van der Waals surface area contributed by atoms with E-state index in [9.17, 15) is 4.79 Å². The first-order valence-electron chi connectivity index (χ1n) is 3.78. The minimum atomic E-state index is -0.632.